The maximum atomic E-state index is 11.5. The highest BCUT2D eigenvalue weighted by atomic mass is 16.4. The summed E-state index contributed by atoms with van der Waals surface area (Å²) in [5.41, 5.74) is 0. The molecule has 0 saturated carbocycles. The van der Waals surface area contributed by atoms with Gasteiger partial charge in [0.1, 0.15) is 6.04 Å². The molecule has 0 aromatic rings. The van der Waals surface area contributed by atoms with E-state index in [9.17, 15) is 9.59 Å². The third kappa shape index (κ3) is 4.18. The molecule has 1 fully saturated rings. The van der Waals surface area contributed by atoms with Gasteiger partial charge in [0, 0.05) is 6.42 Å². The maximum absolute atomic E-state index is 11.5. The molecule has 1 amide bonds. The second-order valence-corrected chi connectivity index (χ2v) is 4.33. The van der Waals surface area contributed by atoms with Gasteiger partial charge in [-0.3, -0.25) is 4.79 Å². The molecule has 0 unspecified atom stereocenters. The summed E-state index contributed by atoms with van der Waals surface area (Å²) in [4.78, 5) is 22.4. The lowest BCUT2D eigenvalue weighted by atomic mass is 9.98. The highest BCUT2D eigenvalue weighted by Crippen LogP contribution is 2.08. The highest BCUT2D eigenvalue weighted by Gasteiger charge is 2.23. The van der Waals surface area contributed by atoms with Crippen LogP contribution in [0.15, 0.2) is 0 Å². The van der Waals surface area contributed by atoms with E-state index in [-0.39, 0.29) is 5.91 Å². The van der Waals surface area contributed by atoms with Crippen LogP contribution in [0.5, 0.6) is 0 Å². The first kappa shape index (κ1) is 13.0. The number of rotatable bonds is 7. The highest BCUT2D eigenvalue weighted by molar-refractivity contribution is 5.83. The van der Waals surface area contributed by atoms with Gasteiger partial charge in [0.15, 0.2) is 0 Å². The number of carboxylic acids is 1. The summed E-state index contributed by atoms with van der Waals surface area (Å²) in [6.45, 7) is 3.72. The third-order valence-corrected chi connectivity index (χ3v) is 2.82. The van der Waals surface area contributed by atoms with Crippen molar-refractivity contribution in [2.45, 2.75) is 38.6 Å². The number of carboxylic acid groups (broad SMARTS) is 1. The zero-order valence-corrected chi connectivity index (χ0v) is 9.66. The van der Waals surface area contributed by atoms with Gasteiger partial charge in [-0.25, -0.2) is 4.79 Å². The Morgan fingerprint density at radius 1 is 1.50 bits per heavy atom. The van der Waals surface area contributed by atoms with E-state index in [0.29, 0.717) is 18.8 Å². The van der Waals surface area contributed by atoms with Crippen LogP contribution in [0.25, 0.3) is 0 Å². The van der Waals surface area contributed by atoms with Crippen molar-refractivity contribution in [3.05, 3.63) is 0 Å². The SMILES string of the molecule is CCCC[C@H](NC(=O)CC1CNC1)C(=O)O. The van der Waals surface area contributed by atoms with Gasteiger partial charge in [-0.1, -0.05) is 19.8 Å². The minimum absolute atomic E-state index is 0.144. The molecule has 0 spiro atoms. The van der Waals surface area contributed by atoms with Crippen molar-refractivity contribution in [3.8, 4) is 0 Å². The van der Waals surface area contributed by atoms with Crippen molar-refractivity contribution in [3.63, 3.8) is 0 Å². The van der Waals surface area contributed by atoms with Crippen LogP contribution in [0, 0.1) is 5.92 Å². The van der Waals surface area contributed by atoms with E-state index in [0.717, 1.165) is 25.9 Å². The lowest BCUT2D eigenvalue weighted by Gasteiger charge is -2.27. The number of unbranched alkanes of at least 4 members (excludes halogenated alkanes) is 1. The van der Waals surface area contributed by atoms with E-state index >= 15 is 0 Å². The molecule has 0 radical (unpaired) electrons. The van der Waals surface area contributed by atoms with Crippen molar-refractivity contribution < 1.29 is 14.7 Å². The summed E-state index contributed by atoms with van der Waals surface area (Å²) >= 11 is 0. The Morgan fingerprint density at radius 3 is 2.62 bits per heavy atom. The molecule has 0 aromatic heterocycles. The van der Waals surface area contributed by atoms with Crippen molar-refractivity contribution in [1.29, 1.82) is 0 Å². The van der Waals surface area contributed by atoms with Gasteiger partial charge in [-0.05, 0) is 25.4 Å². The molecule has 5 heteroatoms. The van der Waals surface area contributed by atoms with Crippen LogP contribution in [0.3, 0.4) is 0 Å². The number of nitrogens with one attached hydrogen (secondary N) is 2. The normalized spacial score (nSPS) is 17.6. The van der Waals surface area contributed by atoms with E-state index in [1.807, 2.05) is 6.92 Å². The fourth-order valence-corrected chi connectivity index (χ4v) is 1.67. The summed E-state index contributed by atoms with van der Waals surface area (Å²) in [6, 6.07) is -0.722. The monoisotopic (exact) mass is 228 g/mol. The van der Waals surface area contributed by atoms with Crippen molar-refractivity contribution in [2.24, 2.45) is 5.92 Å². The molecule has 1 aliphatic heterocycles. The van der Waals surface area contributed by atoms with E-state index in [4.69, 9.17) is 5.11 Å². The lowest BCUT2D eigenvalue weighted by Crippen LogP contribution is -2.47. The van der Waals surface area contributed by atoms with E-state index in [2.05, 4.69) is 10.6 Å². The fraction of sp³-hybridized carbons (Fsp3) is 0.818. The average molecular weight is 228 g/mol. The second-order valence-electron chi connectivity index (χ2n) is 4.33. The first-order chi connectivity index (χ1) is 7.63. The second kappa shape index (κ2) is 6.48. The molecular weight excluding hydrogens is 208 g/mol. The molecule has 1 saturated heterocycles. The van der Waals surface area contributed by atoms with Gasteiger partial charge in [-0.15, -0.1) is 0 Å². The Balaban J connectivity index is 2.28. The number of hydrogen-bond donors (Lipinski definition) is 3. The van der Waals surface area contributed by atoms with Crippen LogP contribution < -0.4 is 10.6 Å². The number of aliphatic carboxylic acids is 1. The van der Waals surface area contributed by atoms with Crippen LogP contribution >= 0.6 is 0 Å². The Kier molecular flexibility index (Phi) is 5.25. The van der Waals surface area contributed by atoms with Crippen LogP contribution in [0.1, 0.15) is 32.6 Å². The molecule has 1 aliphatic rings. The Labute approximate surface area is 95.6 Å². The molecule has 92 valence electrons. The fourth-order valence-electron chi connectivity index (χ4n) is 1.67. The first-order valence-electron chi connectivity index (χ1n) is 5.86. The molecule has 3 N–H and O–H groups in total. The van der Waals surface area contributed by atoms with Gasteiger partial charge in [0.05, 0.1) is 0 Å². The number of hydrogen-bond acceptors (Lipinski definition) is 3. The van der Waals surface area contributed by atoms with Gasteiger partial charge in [-0.2, -0.15) is 0 Å². The van der Waals surface area contributed by atoms with Crippen LogP contribution in [0.4, 0.5) is 0 Å². The molecule has 0 aliphatic carbocycles. The summed E-state index contributed by atoms with van der Waals surface area (Å²) in [6.07, 6.45) is 2.71. The maximum Gasteiger partial charge on any atom is 0.326 e. The molecular formula is C11H20N2O3. The largest absolute Gasteiger partial charge is 0.480 e. The van der Waals surface area contributed by atoms with Gasteiger partial charge in [0.2, 0.25) is 5.91 Å². The van der Waals surface area contributed by atoms with Gasteiger partial charge < -0.3 is 15.7 Å². The quantitative estimate of drug-likeness (QED) is 0.587. The van der Waals surface area contributed by atoms with Gasteiger partial charge in [0.25, 0.3) is 0 Å². The minimum Gasteiger partial charge on any atom is -0.480 e. The van der Waals surface area contributed by atoms with E-state index in [1.54, 1.807) is 0 Å². The van der Waals surface area contributed by atoms with Crippen molar-refractivity contribution in [1.82, 2.24) is 10.6 Å². The minimum atomic E-state index is -0.937. The predicted molar refractivity (Wildman–Crippen MR) is 60.1 cm³/mol. The van der Waals surface area contributed by atoms with Crippen LogP contribution in [0.2, 0.25) is 0 Å². The van der Waals surface area contributed by atoms with Crippen molar-refractivity contribution >= 4 is 11.9 Å². The Hall–Kier alpha value is -1.10. The van der Waals surface area contributed by atoms with Crippen LogP contribution in [-0.4, -0.2) is 36.1 Å². The number of carbonyl (C=O) groups is 2. The molecule has 1 rings (SSSR count). The summed E-state index contributed by atoms with van der Waals surface area (Å²) in [5, 5.41) is 14.6. The Morgan fingerprint density at radius 2 is 2.19 bits per heavy atom. The summed E-state index contributed by atoms with van der Waals surface area (Å²) in [5.74, 6) is -0.704. The number of amides is 1. The third-order valence-electron chi connectivity index (χ3n) is 2.82. The summed E-state index contributed by atoms with van der Waals surface area (Å²) < 4.78 is 0. The molecule has 1 heterocycles. The molecule has 0 aromatic carbocycles. The van der Waals surface area contributed by atoms with E-state index in [1.165, 1.54) is 0 Å². The molecule has 16 heavy (non-hydrogen) atoms. The molecule has 5 nitrogen and oxygen atoms in total. The zero-order chi connectivity index (χ0) is 12.0. The smallest absolute Gasteiger partial charge is 0.326 e. The molecule has 1 atom stereocenters. The topological polar surface area (TPSA) is 78.4 Å². The Bertz CT molecular complexity index is 252. The van der Waals surface area contributed by atoms with E-state index < -0.39 is 12.0 Å². The molecule has 0 bridgehead atoms. The lowest BCUT2D eigenvalue weighted by molar-refractivity contribution is -0.142. The van der Waals surface area contributed by atoms with Crippen LogP contribution in [-0.2, 0) is 9.59 Å². The average Bonchev–Trinajstić information content (AvgIpc) is 2.18. The summed E-state index contributed by atoms with van der Waals surface area (Å²) in [7, 11) is 0. The number of carbonyl (C=O) groups excluding carboxylic acids is 1. The predicted octanol–water partition coefficient (Wildman–Crippen LogP) is 0.355. The first-order valence-corrected chi connectivity index (χ1v) is 5.86. The van der Waals surface area contributed by atoms with Gasteiger partial charge >= 0.3 is 5.97 Å². The zero-order valence-electron chi connectivity index (χ0n) is 9.66. The standard InChI is InChI=1S/C11H20N2O3/c1-2-3-4-9(11(15)16)13-10(14)5-8-6-12-7-8/h8-9,12H,2-7H2,1H3,(H,13,14)(H,15,16)/t9-/m0/s1. The van der Waals surface area contributed by atoms with Crippen molar-refractivity contribution in [2.75, 3.05) is 13.1 Å².